The first kappa shape index (κ1) is 23.3. The number of carbonyl (C=O) groups excluding carboxylic acids is 1. The van der Waals surface area contributed by atoms with Gasteiger partial charge in [0, 0.05) is 17.2 Å². The zero-order valence-corrected chi connectivity index (χ0v) is 20.4. The molecule has 0 radical (unpaired) electrons. The third-order valence-corrected chi connectivity index (χ3v) is 7.70. The van der Waals surface area contributed by atoms with E-state index in [2.05, 4.69) is 41.7 Å². The second-order valence-electron chi connectivity index (χ2n) is 9.03. The van der Waals surface area contributed by atoms with Gasteiger partial charge in [-0.15, -0.1) is 0 Å². The molecule has 4 aromatic carbocycles. The third kappa shape index (κ3) is 5.60. The van der Waals surface area contributed by atoms with Gasteiger partial charge in [0.25, 0.3) is 0 Å². The van der Waals surface area contributed by atoms with Gasteiger partial charge in [-0.2, -0.15) is 11.8 Å². The van der Waals surface area contributed by atoms with E-state index in [0.717, 1.165) is 39.6 Å². The lowest BCUT2D eigenvalue weighted by molar-refractivity contribution is -0.121. The maximum absolute atomic E-state index is 14.2. The van der Waals surface area contributed by atoms with Gasteiger partial charge in [-0.05, 0) is 53.8 Å². The molecule has 0 aliphatic carbocycles. The number of hydrogen-bond acceptors (Lipinski definition) is 3. The Morgan fingerprint density at radius 3 is 1.74 bits per heavy atom. The standard InChI is InChI=1S/C31H29NO2S/c33-30(32-27-16-18-28(19-17-27)34-29-22-35-23-29)31(26-14-8-3-9-15-26,20-24-10-4-1-5-11-24)21-25-12-6-2-7-13-25/h1-19,29H,20-23H2,(H,32,33). The predicted octanol–water partition coefficient (Wildman–Crippen LogP) is 6.54. The van der Waals surface area contributed by atoms with Crippen LogP contribution in [0.15, 0.2) is 115 Å². The van der Waals surface area contributed by atoms with E-state index >= 15 is 0 Å². The molecule has 0 atom stereocenters. The fourth-order valence-electron chi connectivity index (χ4n) is 4.55. The second kappa shape index (κ2) is 10.8. The van der Waals surface area contributed by atoms with E-state index in [1.165, 1.54) is 0 Å². The summed E-state index contributed by atoms with van der Waals surface area (Å²) in [5, 5.41) is 3.23. The summed E-state index contributed by atoms with van der Waals surface area (Å²) in [5.41, 5.74) is 3.26. The lowest BCUT2D eigenvalue weighted by Crippen LogP contribution is -2.44. The normalized spacial score (nSPS) is 13.6. The zero-order chi connectivity index (χ0) is 23.9. The Hall–Kier alpha value is -3.50. The van der Waals surface area contributed by atoms with Crippen LogP contribution in [0.4, 0.5) is 5.69 Å². The molecular formula is C31H29NO2S. The van der Waals surface area contributed by atoms with E-state index in [1.54, 1.807) is 0 Å². The number of amides is 1. The Morgan fingerprint density at radius 2 is 1.26 bits per heavy atom. The summed E-state index contributed by atoms with van der Waals surface area (Å²) < 4.78 is 5.97. The van der Waals surface area contributed by atoms with Gasteiger partial charge in [0.15, 0.2) is 0 Å². The van der Waals surface area contributed by atoms with E-state index in [-0.39, 0.29) is 5.91 Å². The highest BCUT2D eigenvalue weighted by molar-refractivity contribution is 8.00. The van der Waals surface area contributed by atoms with Crippen molar-refractivity contribution in [3.8, 4) is 5.75 Å². The summed E-state index contributed by atoms with van der Waals surface area (Å²) in [6, 6.07) is 38.4. The molecule has 0 unspecified atom stereocenters. The van der Waals surface area contributed by atoms with Crippen molar-refractivity contribution in [2.24, 2.45) is 0 Å². The zero-order valence-electron chi connectivity index (χ0n) is 19.6. The largest absolute Gasteiger partial charge is 0.489 e. The number of benzene rings is 4. The molecule has 1 aliphatic rings. The smallest absolute Gasteiger partial charge is 0.235 e. The maximum Gasteiger partial charge on any atom is 0.235 e. The molecule has 0 bridgehead atoms. The van der Waals surface area contributed by atoms with Crippen molar-refractivity contribution in [3.63, 3.8) is 0 Å². The molecule has 1 fully saturated rings. The monoisotopic (exact) mass is 479 g/mol. The molecule has 1 N–H and O–H groups in total. The first-order chi connectivity index (χ1) is 17.2. The van der Waals surface area contributed by atoms with E-state index in [0.29, 0.717) is 18.9 Å². The van der Waals surface area contributed by atoms with Crippen molar-refractivity contribution in [3.05, 3.63) is 132 Å². The molecule has 1 aliphatic heterocycles. The molecule has 5 rings (SSSR count). The molecule has 1 amide bonds. The van der Waals surface area contributed by atoms with Crippen molar-refractivity contribution in [2.45, 2.75) is 24.4 Å². The minimum atomic E-state index is -0.776. The average molecular weight is 480 g/mol. The van der Waals surface area contributed by atoms with Crippen LogP contribution in [0.25, 0.3) is 0 Å². The maximum atomic E-state index is 14.2. The molecule has 1 heterocycles. The number of thioether (sulfide) groups is 1. The van der Waals surface area contributed by atoms with Crippen molar-refractivity contribution in [2.75, 3.05) is 16.8 Å². The molecule has 4 aromatic rings. The van der Waals surface area contributed by atoms with Crippen LogP contribution in [0, 0.1) is 0 Å². The molecule has 0 aromatic heterocycles. The molecule has 176 valence electrons. The van der Waals surface area contributed by atoms with Gasteiger partial charge in [-0.1, -0.05) is 91.0 Å². The summed E-state index contributed by atoms with van der Waals surface area (Å²) in [7, 11) is 0. The Morgan fingerprint density at radius 1 is 0.743 bits per heavy atom. The van der Waals surface area contributed by atoms with Crippen molar-refractivity contribution < 1.29 is 9.53 Å². The van der Waals surface area contributed by atoms with Crippen LogP contribution in [-0.2, 0) is 23.1 Å². The van der Waals surface area contributed by atoms with Gasteiger partial charge < -0.3 is 10.1 Å². The van der Waals surface area contributed by atoms with E-state index < -0.39 is 5.41 Å². The third-order valence-electron chi connectivity index (χ3n) is 6.48. The quantitative estimate of drug-likeness (QED) is 0.296. The van der Waals surface area contributed by atoms with Gasteiger partial charge in [0.1, 0.15) is 11.9 Å². The average Bonchev–Trinajstić information content (AvgIpc) is 2.88. The van der Waals surface area contributed by atoms with Crippen LogP contribution >= 0.6 is 11.8 Å². The van der Waals surface area contributed by atoms with Gasteiger partial charge in [-0.25, -0.2) is 0 Å². The summed E-state index contributed by atoms with van der Waals surface area (Å²) in [6.45, 7) is 0. The molecule has 3 nitrogen and oxygen atoms in total. The van der Waals surface area contributed by atoms with Crippen LogP contribution in [0.5, 0.6) is 5.75 Å². The van der Waals surface area contributed by atoms with Gasteiger partial charge in [-0.3, -0.25) is 4.79 Å². The van der Waals surface area contributed by atoms with Crippen molar-refractivity contribution >= 4 is 23.4 Å². The Labute approximate surface area is 211 Å². The molecule has 0 spiro atoms. The summed E-state index contributed by atoms with van der Waals surface area (Å²) in [4.78, 5) is 14.2. The molecule has 0 saturated carbocycles. The Bertz CT molecular complexity index is 1180. The number of hydrogen-bond donors (Lipinski definition) is 1. The van der Waals surface area contributed by atoms with Crippen LogP contribution in [-0.4, -0.2) is 23.5 Å². The van der Waals surface area contributed by atoms with E-state index in [9.17, 15) is 4.79 Å². The SMILES string of the molecule is O=C(Nc1ccc(OC2CSC2)cc1)C(Cc1ccccc1)(Cc1ccccc1)c1ccccc1. The van der Waals surface area contributed by atoms with Gasteiger partial charge >= 0.3 is 0 Å². The first-order valence-electron chi connectivity index (χ1n) is 12.0. The fourth-order valence-corrected chi connectivity index (χ4v) is 5.11. The number of anilines is 1. The molecular weight excluding hydrogens is 450 g/mol. The minimum Gasteiger partial charge on any atom is -0.489 e. The molecule has 35 heavy (non-hydrogen) atoms. The Balaban J connectivity index is 1.48. The highest BCUT2D eigenvalue weighted by Crippen LogP contribution is 2.35. The van der Waals surface area contributed by atoms with E-state index in [1.807, 2.05) is 90.6 Å². The lowest BCUT2D eigenvalue weighted by Gasteiger charge is -2.34. The summed E-state index contributed by atoms with van der Waals surface area (Å²) >= 11 is 1.90. The molecule has 4 heteroatoms. The lowest BCUT2D eigenvalue weighted by atomic mass is 9.70. The van der Waals surface area contributed by atoms with Crippen LogP contribution in [0.2, 0.25) is 0 Å². The number of nitrogens with one attached hydrogen (secondary N) is 1. The highest BCUT2D eigenvalue weighted by atomic mass is 32.2. The Kier molecular flexibility index (Phi) is 7.20. The number of carbonyl (C=O) groups is 1. The van der Waals surface area contributed by atoms with Crippen molar-refractivity contribution in [1.82, 2.24) is 0 Å². The first-order valence-corrected chi connectivity index (χ1v) is 13.2. The van der Waals surface area contributed by atoms with Crippen LogP contribution in [0.3, 0.4) is 0 Å². The topological polar surface area (TPSA) is 38.3 Å². The van der Waals surface area contributed by atoms with Crippen LogP contribution < -0.4 is 10.1 Å². The minimum absolute atomic E-state index is 0.0135. The summed E-state index contributed by atoms with van der Waals surface area (Å²) in [5.74, 6) is 2.91. The second-order valence-corrected chi connectivity index (χ2v) is 10.1. The summed E-state index contributed by atoms with van der Waals surface area (Å²) in [6.07, 6.45) is 1.49. The van der Waals surface area contributed by atoms with Gasteiger partial charge in [0.2, 0.25) is 5.91 Å². The van der Waals surface area contributed by atoms with E-state index in [4.69, 9.17) is 4.74 Å². The molecule has 1 saturated heterocycles. The van der Waals surface area contributed by atoms with Crippen LogP contribution in [0.1, 0.15) is 16.7 Å². The van der Waals surface area contributed by atoms with Crippen molar-refractivity contribution in [1.29, 1.82) is 0 Å². The predicted molar refractivity (Wildman–Crippen MR) is 145 cm³/mol. The number of rotatable bonds is 9. The number of ether oxygens (including phenoxy) is 1. The fraction of sp³-hybridized carbons (Fsp3) is 0.194. The highest BCUT2D eigenvalue weighted by Gasteiger charge is 2.40. The van der Waals surface area contributed by atoms with Gasteiger partial charge in [0.05, 0.1) is 5.41 Å².